The molecule has 1 atom stereocenters. The minimum atomic E-state index is -0.930. The monoisotopic (exact) mass is 495 g/mol. The number of carbonyl (C=O) groups excluding carboxylic acids is 1. The molecule has 1 amide bonds. The van der Waals surface area contributed by atoms with Crippen molar-refractivity contribution in [1.29, 1.82) is 0 Å². The first-order chi connectivity index (χ1) is 17.5. The minimum absolute atomic E-state index is 0.0234. The van der Waals surface area contributed by atoms with Gasteiger partial charge in [0.05, 0.1) is 18.1 Å². The average Bonchev–Trinajstić information content (AvgIpc) is 3.22. The van der Waals surface area contributed by atoms with E-state index in [1.807, 2.05) is 28.8 Å². The van der Waals surface area contributed by atoms with Crippen LogP contribution >= 0.6 is 0 Å². The van der Waals surface area contributed by atoms with Crippen molar-refractivity contribution in [1.82, 2.24) is 14.9 Å². The molecule has 5 nitrogen and oxygen atoms in total. The molecule has 2 fully saturated rings. The summed E-state index contributed by atoms with van der Waals surface area (Å²) in [5, 5.41) is 3.33. The van der Waals surface area contributed by atoms with E-state index in [-0.39, 0.29) is 17.9 Å². The third kappa shape index (κ3) is 5.25. The highest BCUT2D eigenvalue weighted by molar-refractivity contribution is 5.85. The summed E-state index contributed by atoms with van der Waals surface area (Å²) in [4.78, 5) is 18.7. The van der Waals surface area contributed by atoms with Gasteiger partial charge in [-0.15, -0.1) is 0 Å². The Bertz CT molecular complexity index is 1210. The van der Waals surface area contributed by atoms with Gasteiger partial charge in [-0.2, -0.15) is 0 Å². The summed E-state index contributed by atoms with van der Waals surface area (Å²) in [5.41, 5.74) is 1.81. The predicted molar refractivity (Wildman–Crippen MR) is 136 cm³/mol. The van der Waals surface area contributed by atoms with Crippen molar-refractivity contribution < 1.29 is 18.3 Å². The molecule has 1 unspecified atom stereocenters. The number of methoxy groups -OCH3 is 1. The number of halogens is 2. The van der Waals surface area contributed by atoms with Gasteiger partial charge in [0.25, 0.3) is 0 Å². The number of hydrogen-bond acceptors (Lipinski definition) is 3. The Morgan fingerprint density at radius 1 is 1.03 bits per heavy atom. The molecule has 1 N–H and O–H groups in total. The van der Waals surface area contributed by atoms with E-state index in [0.29, 0.717) is 23.3 Å². The van der Waals surface area contributed by atoms with Crippen LogP contribution in [0.15, 0.2) is 36.4 Å². The van der Waals surface area contributed by atoms with Crippen molar-refractivity contribution in [3.05, 3.63) is 59.4 Å². The van der Waals surface area contributed by atoms with Crippen molar-refractivity contribution in [2.45, 2.75) is 82.7 Å². The Morgan fingerprint density at radius 3 is 2.44 bits per heavy atom. The standard InChI is InChI=1S/C29H35F2N3O2/c1-36-22-14-8-9-19(15-22)16-27-33-25-17-23(30)24(31)18-26(25)34(27)28(20-10-4-2-5-11-20)29(35)32-21-12-6-3-7-13-21/h8-9,14-15,17-18,20-21,28H,2-7,10-13,16H2,1H3,(H,32,35). The van der Waals surface area contributed by atoms with E-state index in [0.717, 1.165) is 75.2 Å². The molecule has 2 aliphatic carbocycles. The number of carbonyl (C=O) groups is 1. The maximum Gasteiger partial charge on any atom is 0.243 e. The van der Waals surface area contributed by atoms with Crippen molar-refractivity contribution in [3.8, 4) is 5.75 Å². The molecule has 5 rings (SSSR count). The second-order valence-electron chi connectivity index (χ2n) is 10.4. The summed E-state index contributed by atoms with van der Waals surface area (Å²) in [7, 11) is 1.62. The quantitative estimate of drug-likeness (QED) is 0.408. The van der Waals surface area contributed by atoms with E-state index in [2.05, 4.69) is 5.32 Å². The van der Waals surface area contributed by atoms with Gasteiger partial charge in [0, 0.05) is 24.6 Å². The van der Waals surface area contributed by atoms with E-state index >= 15 is 0 Å². The van der Waals surface area contributed by atoms with Crippen LogP contribution in [0.4, 0.5) is 8.78 Å². The van der Waals surface area contributed by atoms with Crippen molar-refractivity contribution >= 4 is 16.9 Å². The number of nitrogens with one attached hydrogen (secondary N) is 1. The zero-order valence-corrected chi connectivity index (χ0v) is 20.9. The number of nitrogens with zero attached hydrogens (tertiary/aromatic N) is 2. The van der Waals surface area contributed by atoms with Crippen LogP contribution in [-0.4, -0.2) is 28.6 Å². The van der Waals surface area contributed by atoms with Gasteiger partial charge in [0.15, 0.2) is 11.6 Å². The SMILES string of the molecule is COc1cccc(Cc2nc3cc(F)c(F)cc3n2C(C(=O)NC2CCCCC2)C2CCCCC2)c1. The fourth-order valence-corrected chi connectivity index (χ4v) is 6.07. The summed E-state index contributed by atoms with van der Waals surface area (Å²) >= 11 is 0. The van der Waals surface area contributed by atoms with Crippen LogP contribution in [0.3, 0.4) is 0 Å². The Kier molecular flexibility index (Phi) is 7.54. The largest absolute Gasteiger partial charge is 0.497 e. The molecule has 1 aromatic heterocycles. The smallest absolute Gasteiger partial charge is 0.243 e. The molecule has 3 aromatic rings. The molecule has 2 saturated carbocycles. The molecule has 0 spiro atoms. The van der Waals surface area contributed by atoms with Gasteiger partial charge in [0.1, 0.15) is 17.6 Å². The van der Waals surface area contributed by atoms with E-state index in [1.54, 1.807) is 7.11 Å². The van der Waals surface area contributed by atoms with E-state index < -0.39 is 17.7 Å². The summed E-state index contributed by atoms with van der Waals surface area (Å²) in [6.07, 6.45) is 11.0. The zero-order chi connectivity index (χ0) is 25.1. The highest BCUT2D eigenvalue weighted by atomic mass is 19.2. The lowest BCUT2D eigenvalue weighted by molar-refractivity contribution is -0.127. The van der Waals surface area contributed by atoms with Crippen LogP contribution in [0.1, 0.15) is 81.6 Å². The number of aromatic nitrogens is 2. The van der Waals surface area contributed by atoms with Gasteiger partial charge in [-0.1, -0.05) is 50.7 Å². The van der Waals surface area contributed by atoms with E-state index in [1.165, 1.54) is 12.5 Å². The number of hydrogen-bond donors (Lipinski definition) is 1. The molecular formula is C29H35F2N3O2. The first-order valence-corrected chi connectivity index (χ1v) is 13.3. The first-order valence-electron chi connectivity index (χ1n) is 13.3. The third-order valence-corrected chi connectivity index (χ3v) is 7.90. The summed E-state index contributed by atoms with van der Waals surface area (Å²) in [5.74, 6) is -0.391. The molecule has 2 aliphatic rings. The average molecular weight is 496 g/mol. The number of fused-ring (bicyclic) bond motifs is 1. The number of benzene rings is 2. The van der Waals surface area contributed by atoms with Crippen LogP contribution in [0, 0.1) is 17.6 Å². The highest BCUT2D eigenvalue weighted by Gasteiger charge is 2.35. The van der Waals surface area contributed by atoms with Gasteiger partial charge in [0.2, 0.25) is 5.91 Å². The maximum atomic E-state index is 14.5. The van der Waals surface area contributed by atoms with E-state index in [9.17, 15) is 13.6 Å². The molecule has 2 aromatic carbocycles. The number of rotatable bonds is 7. The maximum absolute atomic E-state index is 14.5. The van der Waals surface area contributed by atoms with Crippen LogP contribution < -0.4 is 10.1 Å². The molecule has 7 heteroatoms. The zero-order valence-electron chi connectivity index (χ0n) is 20.9. The molecular weight excluding hydrogens is 460 g/mol. The van der Waals surface area contributed by atoms with Crippen LogP contribution in [0.25, 0.3) is 11.0 Å². The van der Waals surface area contributed by atoms with Gasteiger partial charge in [-0.05, 0) is 49.3 Å². The van der Waals surface area contributed by atoms with Gasteiger partial charge < -0.3 is 14.6 Å². The third-order valence-electron chi connectivity index (χ3n) is 7.90. The molecule has 1 heterocycles. The van der Waals surface area contributed by atoms with Crippen molar-refractivity contribution in [3.63, 3.8) is 0 Å². The second kappa shape index (κ2) is 11.0. The highest BCUT2D eigenvalue weighted by Crippen LogP contribution is 2.37. The molecule has 36 heavy (non-hydrogen) atoms. The normalized spacial score (nSPS) is 18.3. The fraction of sp³-hybridized carbons (Fsp3) is 0.517. The van der Waals surface area contributed by atoms with E-state index in [4.69, 9.17) is 9.72 Å². The minimum Gasteiger partial charge on any atom is -0.497 e. The summed E-state index contributed by atoms with van der Waals surface area (Å²) < 4.78 is 36.0. The predicted octanol–water partition coefficient (Wildman–Crippen LogP) is 6.48. The van der Waals surface area contributed by atoms with Crippen LogP contribution in [-0.2, 0) is 11.2 Å². The Labute approximate surface area is 211 Å². The Morgan fingerprint density at radius 2 is 1.72 bits per heavy atom. The lowest BCUT2D eigenvalue weighted by atomic mass is 9.82. The molecule has 192 valence electrons. The number of imidazole rings is 1. The summed E-state index contributed by atoms with van der Waals surface area (Å²) in [6, 6.07) is 9.71. The Balaban J connectivity index is 1.60. The topological polar surface area (TPSA) is 56.2 Å². The molecule has 0 radical (unpaired) electrons. The lowest BCUT2D eigenvalue weighted by Crippen LogP contribution is -2.43. The number of amides is 1. The van der Waals surface area contributed by atoms with Crippen molar-refractivity contribution in [2.75, 3.05) is 7.11 Å². The fourth-order valence-electron chi connectivity index (χ4n) is 6.07. The second-order valence-corrected chi connectivity index (χ2v) is 10.4. The van der Waals surface area contributed by atoms with Crippen molar-refractivity contribution in [2.24, 2.45) is 5.92 Å². The van der Waals surface area contributed by atoms with Crippen LogP contribution in [0.2, 0.25) is 0 Å². The lowest BCUT2D eigenvalue weighted by Gasteiger charge is -2.33. The first kappa shape index (κ1) is 24.7. The van der Waals surface area contributed by atoms with Gasteiger partial charge >= 0.3 is 0 Å². The molecule has 0 bridgehead atoms. The van der Waals surface area contributed by atoms with Crippen LogP contribution in [0.5, 0.6) is 5.75 Å². The number of ether oxygens (including phenoxy) is 1. The van der Waals surface area contributed by atoms with Gasteiger partial charge in [-0.25, -0.2) is 13.8 Å². The molecule has 0 aliphatic heterocycles. The Hall–Kier alpha value is -2.96. The molecule has 0 saturated heterocycles. The summed E-state index contributed by atoms with van der Waals surface area (Å²) in [6.45, 7) is 0. The van der Waals surface area contributed by atoms with Gasteiger partial charge in [-0.3, -0.25) is 4.79 Å².